The molecule has 0 aliphatic rings. The van der Waals surface area contributed by atoms with Crippen LogP contribution in [0.3, 0.4) is 0 Å². The van der Waals surface area contributed by atoms with Crippen LogP contribution >= 0.6 is 0 Å². The molecule has 7 heteroatoms. The van der Waals surface area contributed by atoms with Crippen LogP contribution in [0.1, 0.15) is 83.1 Å². The van der Waals surface area contributed by atoms with Crippen molar-refractivity contribution in [3.05, 3.63) is 35.1 Å². The molecule has 0 heterocycles. The number of ether oxygens (including phenoxy) is 1. The first-order chi connectivity index (χ1) is 13.9. The molecule has 0 spiro atoms. The van der Waals surface area contributed by atoms with Gasteiger partial charge in [0.05, 0.1) is 11.2 Å². The highest BCUT2D eigenvalue weighted by Crippen LogP contribution is 2.16. The largest absolute Gasteiger partial charge is 0.456 e. The second kappa shape index (κ2) is 12.0. The van der Waals surface area contributed by atoms with E-state index in [1.807, 2.05) is 20.8 Å². The summed E-state index contributed by atoms with van der Waals surface area (Å²) >= 11 is 0. The molecule has 0 aliphatic heterocycles. The molecule has 0 atom stereocenters. The topological polar surface area (TPSA) is 67.9 Å². The normalized spacial score (nSPS) is 12.0. The van der Waals surface area contributed by atoms with Crippen molar-refractivity contribution in [1.82, 2.24) is 10.4 Å². The Bertz CT molecular complexity index is 681. The van der Waals surface area contributed by atoms with E-state index in [1.54, 1.807) is 26.8 Å². The Hall–Kier alpha value is -1.99. The molecule has 0 fully saturated rings. The van der Waals surface area contributed by atoms with Gasteiger partial charge in [-0.25, -0.2) is 14.2 Å². The Morgan fingerprint density at radius 1 is 1.07 bits per heavy atom. The molecule has 0 aliphatic carbocycles. The molecule has 0 aromatic heterocycles. The number of amides is 1. The van der Waals surface area contributed by atoms with Crippen LogP contribution in [-0.2, 0) is 20.9 Å². The second-order valence-electron chi connectivity index (χ2n) is 9.35. The molecule has 0 bridgehead atoms. The van der Waals surface area contributed by atoms with E-state index >= 15 is 0 Å². The minimum atomic E-state index is -0.592. The van der Waals surface area contributed by atoms with E-state index in [1.165, 1.54) is 17.2 Å². The first-order valence-corrected chi connectivity index (χ1v) is 10.5. The van der Waals surface area contributed by atoms with E-state index in [9.17, 15) is 14.0 Å². The lowest BCUT2D eigenvalue weighted by atomic mass is 10.1. The van der Waals surface area contributed by atoms with E-state index in [4.69, 9.17) is 9.57 Å². The third-order valence-corrected chi connectivity index (χ3v) is 3.99. The summed E-state index contributed by atoms with van der Waals surface area (Å²) in [4.78, 5) is 28.7. The Morgan fingerprint density at radius 2 is 1.73 bits per heavy atom. The zero-order chi connectivity index (χ0) is 22.8. The highest BCUT2D eigenvalue weighted by Gasteiger charge is 2.19. The number of hydrogen-bond acceptors (Lipinski definition) is 5. The van der Waals surface area contributed by atoms with E-state index in [0.717, 1.165) is 32.2 Å². The molecule has 1 N–H and O–H groups in total. The van der Waals surface area contributed by atoms with Gasteiger partial charge in [0.1, 0.15) is 11.4 Å². The fourth-order valence-corrected chi connectivity index (χ4v) is 2.74. The van der Waals surface area contributed by atoms with Crippen LogP contribution in [0, 0.1) is 5.82 Å². The lowest BCUT2D eigenvalue weighted by Crippen LogP contribution is -2.33. The third kappa shape index (κ3) is 11.3. The van der Waals surface area contributed by atoms with E-state index in [2.05, 4.69) is 5.32 Å². The summed E-state index contributed by atoms with van der Waals surface area (Å²) in [5.41, 5.74) is -0.188. The summed E-state index contributed by atoms with van der Waals surface area (Å²) in [6.45, 7) is 12.8. The highest BCUT2D eigenvalue weighted by atomic mass is 19.1. The van der Waals surface area contributed by atoms with Gasteiger partial charge in [0, 0.05) is 18.7 Å². The van der Waals surface area contributed by atoms with Gasteiger partial charge in [-0.15, -0.1) is 0 Å². The van der Waals surface area contributed by atoms with Gasteiger partial charge in [-0.05, 0) is 79.1 Å². The van der Waals surface area contributed by atoms with Crippen molar-refractivity contribution < 1.29 is 23.6 Å². The molecule has 6 nitrogen and oxygen atoms in total. The lowest BCUT2D eigenvalue weighted by Gasteiger charge is -2.26. The van der Waals surface area contributed by atoms with Gasteiger partial charge in [-0.2, -0.15) is 0 Å². The number of carbonyl (C=O) groups excluding carboxylic acids is 2. The van der Waals surface area contributed by atoms with Gasteiger partial charge in [-0.3, -0.25) is 9.63 Å². The molecule has 0 unspecified atom stereocenters. The second-order valence-corrected chi connectivity index (χ2v) is 9.35. The molecule has 30 heavy (non-hydrogen) atoms. The van der Waals surface area contributed by atoms with Gasteiger partial charge in [0.15, 0.2) is 0 Å². The summed E-state index contributed by atoms with van der Waals surface area (Å²) in [5, 5.41) is 4.56. The molecule has 170 valence electrons. The molecule has 1 rings (SSSR count). The van der Waals surface area contributed by atoms with Crippen LogP contribution in [-0.4, -0.2) is 41.7 Å². The minimum Gasteiger partial charge on any atom is -0.456 e. The Kier molecular flexibility index (Phi) is 10.4. The van der Waals surface area contributed by atoms with Crippen molar-refractivity contribution in [2.45, 2.75) is 85.0 Å². The molecule has 1 amide bonds. The number of hydroxylamine groups is 2. The van der Waals surface area contributed by atoms with Crippen molar-refractivity contribution in [2.75, 3.05) is 13.1 Å². The predicted molar refractivity (Wildman–Crippen MR) is 115 cm³/mol. The first-order valence-electron chi connectivity index (χ1n) is 10.5. The van der Waals surface area contributed by atoms with Crippen molar-refractivity contribution in [3.8, 4) is 0 Å². The quantitative estimate of drug-likeness (QED) is 0.230. The fraction of sp³-hybridized carbons (Fsp3) is 0.652. The van der Waals surface area contributed by atoms with Gasteiger partial charge in [-0.1, -0.05) is 12.8 Å². The zero-order valence-electron chi connectivity index (χ0n) is 19.2. The maximum Gasteiger partial charge on any atom is 0.338 e. The SMILES string of the molecule is CC(C)(C)OC(=O)c1ccc(F)c(CNCCCCCCN(C=O)OC(C)(C)C)c1. The number of nitrogens with one attached hydrogen (secondary N) is 1. The molecule has 0 saturated heterocycles. The standard InChI is InChI=1S/C23H37FN2O4/c1-22(2,3)29-21(28)18-11-12-20(24)19(15-18)16-25-13-9-7-8-10-14-26(17-27)30-23(4,5)6/h11-12,15,17,25H,7-10,13-14,16H2,1-6H3. The smallest absolute Gasteiger partial charge is 0.338 e. The van der Waals surface area contributed by atoms with Gasteiger partial charge >= 0.3 is 5.97 Å². The van der Waals surface area contributed by atoms with Crippen molar-refractivity contribution in [3.63, 3.8) is 0 Å². The summed E-state index contributed by atoms with van der Waals surface area (Å²) < 4.78 is 19.4. The van der Waals surface area contributed by atoms with Gasteiger partial charge < -0.3 is 10.1 Å². The van der Waals surface area contributed by atoms with E-state index in [0.29, 0.717) is 30.6 Å². The molecular formula is C23H37FN2O4. The summed E-state index contributed by atoms with van der Waals surface area (Å²) in [7, 11) is 0. The Balaban J connectivity index is 2.30. The maximum atomic E-state index is 14.0. The van der Waals surface area contributed by atoms with E-state index < -0.39 is 11.6 Å². The number of rotatable bonds is 12. The highest BCUT2D eigenvalue weighted by molar-refractivity contribution is 5.89. The monoisotopic (exact) mass is 424 g/mol. The first kappa shape index (κ1) is 26.0. The van der Waals surface area contributed by atoms with Crippen molar-refractivity contribution in [2.24, 2.45) is 0 Å². The predicted octanol–water partition coefficient (Wildman–Crippen LogP) is 4.62. The minimum absolute atomic E-state index is 0.345. The molecule has 1 aromatic carbocycles. The fourth-order valence-electron chi connectivity index (χ4n) is 2.74. The van der Waals surface area contributed by atoms with Crippen molar-refractivity contribution in [1.29, 1.82) is 0 Å². The van der Waals surface area contributed by atoms with Crippen LogP contribution in [0.2, 0.25) is 0 Å². The van der Waals surface area contributed by atoms with Crippen molar-refractivity contribution >= 4 is 12.4 Å². The molecule has 1 aromatic rings. The van der Waals surface area contributed by atoms with Crippen LogP contribution in [0.25, 0.3) is 0 Å². The summed E-state index contributed by atoms with van der Waals surface area (Å²) in [5.74, 6) is -0.800. The average Bonchev–Trinajstić information content (AvgIpc) is 2.61. The molecule has 0 radical (unpaired) electrons. The summed E-state index contributed by atoms with van der Waals surface area (Å²) in [6, 6.07) is 4.28. The van der Waals surface area contributed by atoms with Gasteiger partial charge in [0.25, 0.3) is 0 Å². The average molecular weight is 425 g/mol. The van der Waals surface area contributed by atoms with Crippen LogP contribution in [0.15, 0.2) is 18.2 Å². The third-order valence-electron chi connectivity index (χ3n) is 3.99. The van der Waals surface area contributed by atoms with E-state index in [-0.39, 0.29) is 11.4 Å². The number of hydrogen-bond donors (Lipinski definition) is 1. The number of nitrogens with zero attached hydrogens (tertiary/aromatic N) is 1. The zero-order valence-corrected chi connectivity index (χ0v) is 19.2. The molecule has 0 saturated carbocycles. The molecular weight excluding hydrogens is 387 g/mol. The van der Waals surface area contributed by atoms with Gasteiger partial charge in [0.2, 0.25) is 6.41 Å². The maximum absolute atomic E-state index is 14.0. The van der Waals surface area contributed by atoms with Crippen LogP contribution in [0.5, 0.6) is 0 Å². The van der Waals surface area contributed by atoms with Crippen LogP contribution < -0.4 is 5.32 Å². The lowest BCUT2D eigenvalue weighted by molar-refractivity contribution is -0.216. The number of benzene rings is 1. The number of halogens is 1. The number of carbonyl (C=O) groups is 2. The Labute approximate surface area is 180 Å². The van der Waals surface area contributed by atoms with Crippen LogP contribution in [0.4, 0.5) is 4.39 Å². The number of unbranched alkanes of at least 4 members (excludes halogenated alkanes) is 3. The summed E-state index contributed by atoms with van der Waals surface area (Å²) in [6.07, 6.45) is 4.49. The Morgan fingerprint density at radius 3 is 2.33 bits per heavy atom. The number of esters is 1.